The Morgan fingerprint density at radius 2 is 1.71 bits per heavy atom. The monoisotopic (exact) mass is 231 g/mol. The van der Waals surface area contributed by atoms with Gasteiger partial charge < -0.3 is 11.5 Å². The molecule has 0 aliphatic carbocycles. The van der Waals surface area contributed by atoms with Crippen LogP contribution in [0.5, 0.6) is 0 Å². The van der Waals surface area contributed by atoms with Crippen LogP contribution in [0.2, 0.25) is 0 Å². The van der Waals surface area contributed by atoms with Gasteiger partial charge in [-0.3, -0.25) is 10.1 Å². The van der Waals surface area contributed by atoms with Gasteiger partial charge in [0.1, 0.15) is 11.6 Å². The third-order valence-electron chi connectivity index (χ3n) is 2.11. The number of hydrogen-bond donors (Lipinski definition) is 2. The van der Waals surface area contributed by atoms with Crippen molar-refractivity contribution in [1.82, 2.24) is 9.97 Å². The van der Waals surface area contributed by atoms with Gasteiger partial charge in [0.05, 0.1) is 10.5 Å². The van der Waals surface area contributed by atoms with Crippen molar-refractivity contribution < 1.29 is 4.92 Å². The van der Waals surface area contributed by atoms with E-state index in [2.05, 4.69) is 9.97 Å². The average Bonchev–Trinajstić information content (AvgIpc) is 2.27. The smallest absolute Gasteiger partial charge is 0.280 e. The Morgan fingerprint density at radius 3 is 2.29 bits per heavy atom. The molecule has 4 N–H and O–H groups in total. The van der Waals surface area contributed by atoms with Crippen molar-refractivity contribution in [2.75, 3.05) is 11.5 Å². The van der Waals surface area contributed by atoms with Crippen LogP contribution in [-0.2, 0) is 0 Å². The second-order valence-corrected chi connectivity index (χ2v) is 3.32. The fourth-order valence-electron chi connectivity index (χ4n) is 1.43. The number of nitro groups is 1. The molecule has 0 bridgehead atoms. The standard InChI is InChI=1S/C10H9N5O2/c11-8-5-9(12)14-10(13-8)6-3-1-2-4-7(6)15(16)17/h1-5H,(H4,11,12,13,14). The summed E-state index contributed by atoms with van der Waals surface area (Å²) in [5.74, 6) is 0.492. The van der Waals surface area contributed by atoms with Crippen LogP contribution in [0.3, 0.4) is 0 Å². The third kappa shape index (κ3) is 2.12. The van der Waals surface area contributed by atoms with Gasteiger partial charge in [-0.25, -0.2) is 9.97 Å². The number of aromatic nitrogens is 2. The number of anilines is 2. The summed E-state index contributed by atoms with van der Waals surface area (Å²) < 4.78 is 0. The second kappa shape index (κ2) is 4.05. The van der Waals surface area contributed by atoms with Crippen LogP contribution in [0.1, 0.15) is 0 Å². The Morgan fingerprint density at radius 1 is 1.12 bits per heavy atom. The number of hydrogen-bond acceptors (Lipinski definition) is 6. The van der Waals surface area contributed by atoms with Crippen LogP contribution in [0.4, 0.5) is 17.3 Å². The van der Waals surface area contributed by atoms with Crippen LogP contribution >= 0.6 is 0 Å². The molecule has 7 nitrogen and oxygen atoms in total. The third-order valence-corrected chi connectivity index (χ3v) is 2.11. The zero-order valence-corrected chi connectivity index (χ0v) is 8.70. The summed E-state index contributed by atoms with van der Waals surface area (Å²) in [4.78, 5) is 18.2. The first kappa shape index (κ1) is 10.8. The van der Waals surface area contributed by atoms with Crippen LogP contribution in [0.25, 0.3) is 11.4 Å². The van der Waals surface area contributed by atoms with Crippen LogP contribution in [0, 0.1) is 10.1 Å². The summed E-state index contributed by atoms with van der Waals surface area (Å²) in [5.41, 5.74) is 11.2. The van der Waals surface area contributed by atoms with Crippen molar-refractivity contribution in [3.05, 3.63) is 40.4 Å². The summed E-state index contributed by atoms with van der Waals surface area (Å²) in [6.45, 7) is 0. The molecule has 0 unspecified atom stereocenters. The number of nitro benzene ring substituents is 1. The molecule has 0 saturated carbocycles. The van der Waals surface area contributed by atoms with Crippen LogP contribution in [0.15, 0.2) is 30.3 Å². The van der Waals surface area contributed by atoms with E-state index in [4.69, 9.17) is 11.5 Å². The summed E-state index contributed by atoms with van der Waals surface area (Å²) >= 11 is 0. The van der Waals surface area contributed by atoms with Gasteiger partial charge in [-0.1, -0.05) is 12.1 Å². The summed E-state index contributed by atoms with van der Waals surface area (Å²) in [5, 5.41) is 10.9. The Balaban J connectivity index is 2.64. The summed E-state index contributed by atoms with van der Waals surface area (Å²) in [6, 6.07) is 7.53. The second-order valence-electron chi connectivity index (χ2n) is 3.32. The lowest BCUT2D eigenvalue weighted by Crippen LogP contribution is -2.01. The van der Waals surface area contributed by atoms with Crippen molar-refractivity contribution in [3.63, 3.8) is 0 Å². The van der Waals surface area contributed by atoms with Gasteiger partial charge in [0.15, 0.2) is 5.82 Å². The van der Waals surface area contributed by atoms with E-state index in [1.165, 1.54) is 12.1 Å². The number of benzene rings is 1. The van der Waals surface area contributed by atoms with E-state index in [0.29, 0.717) is 0 Å². The van der Waals surface area contributed by atoms with Crippen molar-refractivity contribution in [1.29, 1.82) is 0 Å². The topological polar surface area (TPSA) is 121 Å². The van der Waals surface area contributed by atoms with Crippen molar-refractivity contribution in [2.24, 2.45) is 0 Å². The molecule has 86 valence electrons. The molecule has 0 fully saturated rings. The lowest BCUT2D eigenvalue weighted by Gasteiger charge is -2.03. The maximum Gasteiger partial charge on any atom is 0.280 e. The van der Waals surface area contributed by atoms with Gasteiger partial charge in [0.2, 0.25) is 0 Å². The van der Waals surface area contributed by atoms with Crippen LogP contribution < -0.4 is 11.5 Å². The van der Waals surface area contributed by atoms with E-state index in [1.54, 1.807) is 18.2 Å². The molecule has 1 aromatic heterocycles. The number of nitrogen functional groups attached to an aromatic ring is 2. The average molecular weight is 231 g/mol. The Kier molecular flexibility index (Phi) is 2.57. The highest BCUT2D eigenvalue weighted by Crippen LogP contribution is 2.27. The molecule has 1 aromatic carbocycles. The minimum absolute atomic E-state index is 0.0856. The van der Waals surface area contributed by atoms with Gasteiger partial charge in [0, 0.05) is 12.1 Å². The van der Waals surface area contributed by atoms with Gasteiger partial charge in [-0.15, -0.1) is 0 Å². The lowest BCUT2D eigenvalue weighted by atomic mass is 10.1. The first-order chi connectivity index (χ1) is 8.08. The van der Waals surface area contributed by atoms with Gasteiger partial charge in [-0.05, 0) is 6.07 Å². The highest BCUT2D eigenvalue weighted by Gasteiger charge is 2.16. The number of rotatable bonds is 2. The molecule has 0 radical (unpaired) electrons. The molecular weight excluding hydrogens is 222 g/mol. The molecule has 0 atom stereocenters. The molecule has 7 heteroatoms. The zero-order chi connectivity index (χ0) is 12.4. The molecule has 0 aliphatic rings. The number of nitrogens with two attached hydrogens (primary N) is 2. The van der Waals surface area contributed by atoms with Crippen molar-refractivity contribution >= 4 is 17.3 Å². The molecular formula is C10H9N5O2. The number of nitrogens with zero attached hydrogens (tertiary/aromatic N) is 3. The molecule has 0 spiro atoms. The Bertz CT molecular complexity index is 564. The minimum Gasteiger partial charge on any atom is -0.384 e. The van der Waals surface area contributed by atoms with E-state index < -0.39 is 4.92 Å². The van der Waals surface area contributed by atoms with Crippen LogP contribution in [-0.4, -0.2) is 14.9 Å². The zero-order valence-electron chi connectivity index (χ0n) is 8.70. The van der Waals surface area contributed by atoms with E-state index >= 15 is 0 Å². The predicted octanol–water partition coefficient (Wildman–Crippen LogP) is 1.22. The van der Waals surface area contributed by atoms with Crippen molar-refractivity contribution in [3.8, 4) is 11.4 Å². The molecule has 2 aromatic rings. The quantitative estimate of drug-likeness (QED) is 0.591. The molecule has 2 rings (SSSR count). The normalized spacial score (nSPS) is 10.1. The first-order valence-electron chi connectivity index (χ1n) is 4.72. The number of para-hydroxylation sites is 1. The predicted molar refractivity (Wildman–Crippen MR) is 62.9 cm³/mol. The summed E-state index contributed by atoms with van der Waals surface area (Å²) in [7, 11) is 0. The van der Waals surface area contributed by atoms with Crippen molar-refractivity contribution in [2.45, 2.75) is 0 Å². The maximum atomic E-state index is 10.9. The van der Waals surface area contributed by atoms with E-state index in [0.717, 1.165) is 0 Å². The molecule has 1 heterocycles. The van der Waals surface area contributed by atoms with Gasteiger partial charge in [-0.2, -0.15) is 0 Å². The summed E-state index contributed by atoms with van der Waals surface area (Å²) in [6.07, 6.45) is 0. The van der Waals surface area contributed by atoms with Gasteiger partial charge in [0.25, 0.3) is 5.69 Å². The maximum absolute atomic E-state index is 10.9. The molecule has 0 aliphatic heterocycles. The molecule has 17 heavy (non-hydrogen) atoms. The fourth-order valence-corrected chi connectivity index (χ4v) is 1.43. The molecule has 0 amide bonds. The Labute approximate surface area is 96.3 Å². The largest absolute Gasteiger partial charge is 0.384 e. The lowest BCUT2D eigenvalue weighted by molar-refractivity contribution is -0.384. The SMILES string of the molecule is Nc1cc(N)nc(-c2ccccc2[N+](=O)[O-])n1. The van der Waals surface area contributed by atoms with Gasteiger partial charge >= 0.3 is 0 Å². The van der Waals surface area contributed by atoms with E-state index in [1.807, 2.05) is 0 Å². The molecule has 0 saturated heterocycles. The highest BCUT2D eigenvalue weighted by atomic mass is 16.6. The van der Waals surface area contributed by atoms with E-state index in [9.17, 15) is 10.1 Å². The fraction of sp³-hybridized carbons (Fsp3) is 0. The Hall–Kier alpha value is -2.70. The highest BCUT2D eigenvalue weighted by molar-refractivity contribution is 5.69. The minimum atomic E-state index is -0.502. The van der Waals surface area contributed by atoms with E-state index in [-0.39, 0.29) is 28.7 Å². The first-order valence-corrected chi connectivity index (χ1v) is 4.72.